The predicted octanol–water partition coefficient (Wildman–Crippen LogP) is 0.0184. The van der Waals surface area contributed by atoms with Crippen molar-refractivity contribution in [1.29, 1.82) is 0 Å². The highest BCUT2D eigenvalue weighted by molar-refractivity contribution is 5.86. The fourth-order valence-electron chi connectivity index (χ4n) is 1.96. The van der Waals surface area contributed by atoms with Crippen molar-refractivity contribution in [3.63, 3.8) is 0 Å². The van der Waals surface area contributed by atoms with Gasteiger partial charge in [0.05, 0.1) is 6.54 Å². The van der Waals surface area contributed by atoms with E-state index in [1.54, 1.807) is 6.07 Å². The topological polar surface area (TPSA) is 99.6 Å². The molecule has 2 amide bonds. The molecule has 0 radical (unpaired) electrons. The Morgan fingerprint density at radius 3 is 2.75 bits per heavy atom. The van der Waals surface area contributed by atoms with Crippen molar-refractivity contribution in [2.45, 2.75) is 19.4 Å². The van der Waals surface area contributed by atoms with Crippen LogP contribution in [0, 0.1) is 0 Å². The van der Waals surface area contributed by atoms with Gasteiger partial charge in [0.2, 0.25) is 11.8 Å². The molecule has 0 unspecified atom stereocenters. The SMILES string of the molecule is O=C(CN1CCCC1=O)NCc1ccc(C(=O)O)nc1. The van der Waals surface area contributed by atoms with Crippen LogP contribution in [0.1, 0.15) is 28.9 Å². The van der Waals surface area contributed by atoms with Gasteiger partial charge >= 0.3 is 5.97 Å². The predicted molar refractivity (Wildman–Crippen MR) is 68.9 cm³/mol. The van der Waals surface area contributed by atoms with E-state index in [-0.39, 0.29) is 30.6 Å². The Labute approximate surface area is 115 Å². The summed E-state index contributed by atoms with van der Waals surface area (Å²) >= 11 is 0. The number of pyridine rings is 1. The second-order valence-electron chi connectivity index (χ2n) is 4.55. The van der Waals surface area contributed by atoms with Crippen LogP contribution in [0.2, 0.25) is 0 Å². The number of aromatic nitrogens is 1. The van der Waals surface area contributed by atoms with Gasteiger partial charge in [-0.15, -0.1) is 0 Å². The summed E-state index contributed by atoms with van der Waals surface area (Å²) in [5, 5.41) is 11.4. The maximum Gasteiger partial charge on any atom is 0.354 e. The van der Waals surface area contributed by atoms with Gasteiger partial charge in [-0.1, -0.05) is 6.07 Å². The Hall–Kier alpha value is -2.44. The number of rotatable bonds is 5. The molecule has 2 N–H and O–H groups in total. The average molecular weight is 277 g/mol. The number of carbonyl (C=O) groups excluding carboxylic acids is 2. The van der Waals surface area contributed by atoms with Crippen LogP contribution < -0.4 is 5.32 Å². The molecule has 1 aromatic rings. The molecule has 1 aliphatic heterocycles. The van der Waals surface area contributed by atoms with Crippen LogP contribution in [0.25, 0.3) is 0 Å². The van der Waals surface area contributed by atoms with Crippen LogP contribution in [-0.4, -0.2) is 45.9 Å². The third-order valence-electron chi connectivity index (χ3n) is 3.04. The number of aromatic carboxylic acids is 1. The number of nitrogens with one attached hydrogen (secondary N) is 1. The van der Waals surface area contributed by atoms with E-state index in [1.807, 2.05) is 0 Å². The Balaban J connectivity index is 1.81. The molecular weight excluding hydrogens is 262 g/mol. The normalized spacial score (nSPS) is 14.4. The van der Waals surface area contributed by atoms with E-state index >= 15 is 0 Å². The smallest absolute Gasteiger partial charge is 0.354 e. The van der Waals surface area contributed by atoms with Gasteiger partial charge in [-0.2, -0.15) is 0 Å². The summed E-state index contributed by atoms with van der Waals surface area (Å²) in [5.74, 6) is -1.32. The van der Waals surface area contributed by atoms with Gasteiger partial charge in [0.15, 0.2) is 0 Å². The second kappa shape index (κ2) is 6.14. The van der Waals surface area contributed by atoms with Crippen LogP contribution in [0.5, 0.6) is 0 Å². The zero-order valence-electron chi connectivity index (χ0n) is 10.8. The van der Waals surface area contributed by atoms with E-state index in [2.05, 4.69) is 10.3 Å². The lowest BCUT2D eigenvalue weighted by molar-refractivity contribution is -0.133. The summed E-state index contributed by atoms with van der Waals surface area (Å²) in [4.78, 5) is 39.0. The fraction of sp³-hybridized carbons (Fsp3) is 0.385. The zero-order chi connectivity index (χ0) is 14.5. The maximum atomic E-state index is 11.7. The molecule has 0 bridgehead atoms. The lowest BCUT2D eigenvalue weighted by atomic mass is 10.2. The zero-order valence-corrected chi connectivity index (χ0v) is 10.8. The highest BCUT2D eigenvalue weighted by atomic mass is 16.4. The summed E-state index contributed by atoms with van der Waals surface area (Å²) in [6, 6.07) is 2.98. The van der Waals surface area contributed by atoms with Crippen LogP contribution in [0.4, 0.5) is 0 Å². The third kappa shape index (κ3) is 3.53. The molecule has 0 atom stereocenters. The number of hydrogen-bond acceptors (Lipinski definition) is 4. The Kier molecular flexibility index (Phi) is 4.29. The molecule has 0 aromatic carbocycles. The van der Waals surface area contributed by atoms with Crippen molar-refractivity contribution >= 4 is 17.8 Å². The molecule has 0 saturated carbocycles. The maximum absolute atomic E-state index is 11.7. The van der Waals surface area contributed by atoms with Crippen molar-refractivity contribution in [3.8, 4) is 0 Å². The molecule has 0 aliphatic carbocycles. The first kappa shape index (κ1) is 14.0. The summed E-state index contributed by atoms with van der Waals surface area (Å²) in [6.07, 6.45) is 2.71. The molecule has 7 nitrogen and oxygen atoms in total. The van der Waals surface area contributed by atoms with E-state index in [9.17, 15) is 14.4 Å². The van der Waals surface area contributed by atoms with E-state index in [1.165, 1.54) is 17.2 Å². The van der Waals surface area contributed by atoms with Gasteiger partial charge in [0.1, 0.15) is 5.69 Å². The number of likely N-dealkylation sites (tertiary alicyclic amines) is 1. The van der Waals surface area contributed by atoms with Crippen LogP contribution in [0.3, 0.4) is 0 Å². The number of carboxylic acids is 1. The first-order valence-electron chi connectivity index (χ1n) is 6.29. The van der Waals surface area contributed by atoms with E-state index in [4.69, 9.17) is 5.11 Å². The van der Waals surface area contributed by atoms with Crippen molar-refractivity contribution < 1.29 is 19.5 Å². The first-order valence-corrected chi connectivity index (χ1v) is 6.29. The van der Waals surface area contributed by atoms with Gasteiger partial charge in [-0.05, 0) is 18.1 Å². The molecular formula is C13H15N3O4. The van der Waals surface area contributed by atoms with Crippen molar-refractivity contribution in [3.05, 3.63) is 29.6 Å². The quantitative estimate of drug-likeness (QED) is 0.790. The molecule has 20 heavy (non-hydrogen) atoms. The van der Waals surface area contributed by atoms with Crippen molar-refractivity contribution in [1.82, 2.24) is 15.2 Å². The van der Waals surface area contributed by atoms with Gasteiger partial charge in [0.25, 0.3) is 0 Å². The molecule has 106 valence electrons. The molecule has 2 rings (SSSR count). The van der Waals surface area contributed by atoms with Crippen LogP contribution >= 0.6 is 0 Å². The Morgan fingerprint density at radius 1 is 1.40 bits per heavy atom. The average Bonchev–Trinajstić information content (AvgIpc) is 2.82. The Morgan fingerprint density at radius 2 is 2.20 bits per heavy atom. The van der Waals surface area contributed by atoms with Gasteiger partial charge in [0, 0.05) is 25.7 Å². The van der Waals surface area contributed by atoms with Gasteiger partial charge < -0.3 is 15.3 Å². The third-order valence-corrected chi connectivity index (χ3v) is 3.04. The minimum atomic E-state index is -1.09. The highest BCUT2D eigenvalue weighted by Gasteiger charge is 2.22. The number of hydrogen-bond donors (Lipinski definition) is 2. The monoisotopic (exact) mass is 277 g/mol. The summed E-state index contributed by atoms with van der Waals surface area (Å²) in [6.45, 7) is 0.953. The summed E-state index contributed by atoms with van der Waals surface area (Å²) in [7, 11) is 0. The summed E-state index contributed by atoms with van der Waals surface area (Å²) < 4.78 is 0. The van der Waals surface area contributed by atoms with Crippen LogP contribution in [0.15, 0.2) is 18.3 Å². The van der Waals surface area contributed by atoms with Crippen molar-refractivity contribution in [2.24, 2.45) is 0 Å². The Bertz CT molecular complexity index is 527. The summed E-state index contributed by atoms with van der Waals surface area (Å²) in [5.41, 5.74) is 0.666. The minimum absolute atomic E-state index is 0.00706. The molecule has 7 heteroatoms. The molecule has 0 spiro atoms. The standard InChI is InChI=1S/C13H15N3O4/c17-11(8-16-5-1-2-12(16)18)15-7-9-3-4-10(13(19)20)14-6-9/h3-4,6H,1-2,5,7-8H2,(H,15,17)(H,19,20). The largest absolute Gasteiger partial charge is 0.477 e. The molecule has 2 heterocycles. The first-order chi connectivity index (χ1) is 9.56. The van der Waals surface area contributed by atoms with E-state index in [0.29, 0.717) is 18.5 Å². The molecule has 1 saturated heterocycles. The minimum Gasteiger partial charge on any atom is -0.477 e. The number of carboxylic acid groups (broad SMARTS) is 1. The highest BCUT2D eigenvalue weighted by Crippen LogP contribution is 2.08. The molecule has 1 fully saturated rings. The van der Waals surface area contributed by atoms with Gasteiger partial charge in [-0.3, -0.25) is 9.59 Å². The fourth-order valence-corrected chi connectivity index (χ4v) is 1.96. The van der Waals surface area contributed by atoms with E-state index < -0.39 is 5.97 Å². The molecule has 1 aromatic heterocycles. The van der Waals surface area contributed by atoms with E-state index in [0.717, 1.165) is 6.42 Å². The number of carbonyl (C=O) groups is 3. The number of nitrogens with zero attached hydrogens (tertiary/aromatic N) is 2. The van der Waals surface area contributed by atoms with Gasteiger partial charge in [-0.25, -0.2) is 9.78 Å². The van der Waals surface area contributed by atoms with Crippen molar-refractivity contribution in [2.75, 3.05) is 13.1 Å². The molecule has 1 aliphatic rings. The lowest BCUT2D eigenvalue weighted by Crippen LogP contribution is -2.37. The second-order valence-corrected chi connectivity index (χ2v) is 4.55. The number of amides is 2. The lowest BCUT2D eigenvalue weighted by Gasteiger charge is -2.14. The van der Waals surface area contributed by atoms with Crippen LogP contribution in [-0.2, 0) is 16.1 Å².